The van der Waals surface area contributed by atoms with E-state index in [1.54, 1.807) is 17.7 Å². The normalized spacial score (nSPS) is 20.9. The predicted octanol–water partition coefficient (Wildman–Crippen LogP) is 4.91. The maximum absolute atomic E-state index is 15.0. The summed E-state index contributed by atoms with van der Waals surface area (Å²) in [6.45, 7) is 4.74. The number of methoxy groups -OCH3 is 1. The zero-order chi connectivity index (χ0) is 25.0. The fraction of sp³-hybridized carbons (Fsp3) is 0.417. The summed E-state index contributed by atoms with van der Waals surface area (Å²) in [4.78, 5) is 22.8. The van der Waals surface area contributed by atoms with Crippen LogP contribution in [0, 0.1) is 11.6 Å². The topological polar surface area (TPSA) is 50.6 Å². The van der Waals surface area contributed by atoms with Crippen LogP contribution in [0.1, 0.15) is 6.92 Å². The van der Waals surface area contributed by atoms with Crippen LogP contribution in [-0.4, -0.2) is 66.1 Å². The number of likely N-dealkylation sites (N-methyl/N-ethyl adjacent to an activating group) is 1. The molecule has 11 heteroatoms. The molecule has 2 atom stereocenters. The Balaban J connectivity index is 1.84. The van der Waals surface area contributed by atoms with Gasteiger partial charge in [-0.2, -0.15) is 4.98 Å². The van der Waals surface area contributed by atoms with Crippen molar-refractivity contribution >= 4 is 51.7 Å². The molecule has 3 aromatic rings. The third-order valence-corrected chi connectivity index (χ3v) is 8.48. The average Bonchev–Trinajstić information content (AvgIpc) is 3.00. The minimum Gasteiger partial charge on any atom is -0.379 e. The lowest BCUT2D eigenvalue weighted by Crippen LogP contribution is -2.51. The zero-order valence-corrected chi connectivity index (χ0v) is 21.8. The fourth-order valence-electron chi connectivity index (χ4n) is 4.89. The van der Waals surface area contributed by atoms with Gasteiger partial charge in [0.15, 0.2) is 0 Å². The van der Waals surface area contributed by atoms with Crippen molar-refractivity contribution in [2.75, 3.05) is 44.4 Å². The first kappa shape index (κ1) is 24.8. The van der Waals surface area contributed by atoms with E-state index >= 15 is 4.39 Å². The van der Waals surface area contributed by atoms with Crippen LogP contribution in [0.3, 0.4) is 0 Å². The van der Waals surface area contributed by atoms with Crippen molar-refractivity contribution in [3.63, 3.8) is 0 Å². The average molecular weight is 541 g/mol. The number of thioether (sulfide) groups is 1. The largest absolute Gasteiger partial charge is 0.379 e. The summed E-state index contributed by atoms with van der Waals surface area (Å²) < 4.78 is 36.1. The van der Waals surface area contributed by atoms with Gasteiger partial charge >= 0.3 is 5.69 Å². The van der Waals surface area contributed by atoms with Crippen molar-refractivity contribution in [1.82, 2.24) is 14.5 Å². The van der Waals surface area contributed by atoms with Gasteiger partial charge in [-0.15, -0.1) is 11.8 Å². The van der Waals surface area contributed by atoms with E-state index in [0.717, 1.165) is 19.2 Å². The van der Waals surface area contributed by atoms with Gasteiger partial charge in [0, 0.05) is 66.0 Å². The molecule has 1 fully saturated rings. The standard InChI is InChI=1S/C24H24Cl2F2N4O2S/c1-12-9-30(2)4-5-31(12)23-15-7-17(26)20(14-6-16(25)19(28)8-18(14)27)22-21(15)32(24(33)29-23)10-13(34-3)11-35-22/h6-8,12-13H,4-5,9-11H2,1-3H3/t12-,13+/m0/s1. The quantitative estimate of drug-likeness (QED) is 0.440. The third-order valence-electron chi connectivity index (χ3n) is 6.67. The van der Waals surface area contributed by atoms with E-state index in [2.05, 4.69) is 28.8 Å². The molecule has 0 amide bonds. The van der Waals surface area contributed by atoms with Gasteiger partial charge in [-0.3, -0.25) is 4.57 Å². The van der Waals surface area contributed by atoms with Crippen LogP contribution in [0.5, 0.6) is 0 Å². The molecule has 186 valence electrons. The minimum atomic E-state index is -0.852. The Morgan fingerprint density at radius 2 is 1.89 bits per heavy atom. The first-order valence-corrected chi connectivity index (χ1v) is 13.0. The Bertz CT molecular complexity index is 1390. The molecule has 6 nitrogen and oxygen atoms in total. The van der Waals surface area contributed by atoms with Crippen LogP contribution in [0.15, 0.2) is 27.9 Å². The first-order chi connectivity index (χ1) is 16.7. The molecule has 2 aliphatic rings. The highest BCUT2D eigenvalue weighted by Crippen LogP contribution is 2.46. The molecule has 3 heterocycles. The SMILES string of the molecule is CO[C@H]1CSc2c(-c3cc(Cl)c(F)cc3F)c(Cl)cc3c(N4CCN(C)C[C@@H]4C)nc(=O)n(c23)C1. The number of halogens is 4. The van der Waals surface area contributed by atoms with Crippen LogP contribution >= 0.6 is 35.0 Å². The summed E-state index contributed by atoms with van der Waals surface area (Å²) in [5, 5.41) is 0.771. The molecule has 5 rings (SSSR count). The van der Waals surface area contributed by atoms with E-state index in [1.807, 2.05) is 0 Å². The molecule has 0 N–H and O–H groups in total. The number of piperazine rings is 1. The van der Waals surface area contributed by atoms with Gasteiger partial charge in [0.05, 0.1) is 28.2 Å². The highest BCUT2D eigenvalue weighted by atomic mass is 35.5. The summed E-state index contributed by atoms with van der Waals surface area (Å²) in [7, 11) is 3.65. The highest BCUT2D eigenvalue weighted by molar-refractivity contribution is 7.99. The summed E-state index contributed by atoms with van der Waals surface area (Å²) >= 11 is 14.3. The number of nitrogens with zero attached hydrogens (tertiary/aromatic N) is 4. The summed E-state index contributed by atoms with van der Waals surface area (Å²) in [6.07, 6.45) is -0.267. The number of anilines is 1. The lowest BCUT2D eigenvalue weighted by atomic mass is 10.0. The van der Waals surface area contributed by atoms with Crippen LogP contribution < -0.4 is 10.6 Å². The van der Waals surface area contributed by atoms with Crippen molar-refractivity contribution in [2.24, 2.45) is 0 Å². The van der Waals surface area contributed by atoms with Crippen molar-refractivity contribution < 1.29 is 13.5 Å². The monoisotopic (exact) mass is 540 g/mol. The van der Waals surface area contributed by atoms with Crippen LogP contribution in [-0.2, 0) is 11.3 Å². The molecule has 0 saturated carbocycles. The lowest BCUT2D eigenvalue weighted by Gasteiger charge is -2.39. The van der Waals surface area contributed by atoms with Gasteiger partial charge in [0.2, 0.25) is 0 Å². The molecule has 2 aromatic carbocycles. The number of hydrogen-bond acceptors (Lipinski definition) is 6. The van der Waals surface area contributed by atoms with Gasteiger partial charge < -0.3 is 14.5 Å². The van der Waals surface area contributed by atoms with Crippen LogP contribution in [0.4, 0.5) is 14.6 Å². The van der Waals surface area contributed by atoms with Gasteiger partial charge in [0.25, 0.3) is 0 Å². The van der Waals surface area contributed by atoms with E-state index in [-0.39, 0.29) is 27.8 Å². The number of ether oxygens (including phenoxy) is 1. The van der Waals surface area contributed by atoms with Gasteiger partial charge in [-0.1, -0.05) is 23.2 Å². The minimum absolute atomic E-state index is 0.0759. The Morgan fingerprint density at radius 3 is 2.60 bits per heavy atom. The molecular formula is C24H24Cl2F2N4O2S. The van der Waals surface area contributed by atoms with Crippen LogP contribution in [0.2, 0.25) is 10.0 Å². The molecule has 0 unspecified atom stereocenters. The highest BCUT2D eigenvalue weighted by Gasteiger charge is 2.31. The molecule has 2 aliphatic heterocycles. The summed E-state index contributed by atoms with van der Waals surface area (Å²) in [6, 6.07) is 3.84. The molecule has 1 aromatic heterocycles. The maximum Gasteiger partial charge on any atom is 0.350 e. The molecule has 0 aliphatic carbocycles. The molecule has 0 spiro atoms. The second-order valence-electron chi connectivity index (χ2n) is 9.01. The fourth-order valence-corrected chi connectivity index (χ4v) is 6.73. The van der Waals surface area contributed by atoms with Gasteiger partial charge in [0.1, 0.15) is 17.5 Å². The second-order valence-corrected chi connectivity index (χ2v) is 10.9. The Kier molecular flexibility index (Phi) is 6.74. The molecule has 0 bridgehead atoms. The lowest BCUT2D eigenvalue weighted by molar-refractivity contribution is 0.107. The van der Waals surface area contributed by atoms with E-state index in [4.69, 9.17) is 27.9 Å². The van der Waals surface area contributed by atoms with Gasteiger partial charge in [-0.05, 0) is 26.1 Å². The smallest absolute Gasteiger partial charge is 0.350 e. The Hall–Kier alpha value is -1.91. The summed E-state index contributed by atoms with van der Waals surface area (Å²) in [5.41, 5.74) is 0.661. The Labute approximate surface area is 215 Å². The molecule has 1 saturated heterocycles. The molecule has 35 heavy (non-hydrogen) atoms. The number of aromatic nitrogens is 2. The van der Waals surface area contributed by atoms with E-state index < -0.39 is 17.3 Å². The third kappa shape index (κ3) is 4.31. The van der Waals surface area contributed by atoms with Crippen molar-refractivity contribution in [3.05, 3.63) is 50.4 Å². The van der Waals surface area contributed by atoms with Crippen molar-refractivity contribution in [2.45, 2.75) is 30.5 Å². The summed E-state index contributed by atoms with van der Waals surface area (Å²) in [5.74, 6) is -0.564. The van der Waals surface area contributed by atoms with Gasteiger partial charge in [-0.25, -0.2) is 13.6 Å². The van der Waals surface area contributed by atoms with E-state index in [0.29, 0.717) is 46.0 Å². The zero-order valence-electron chi connectivity index (χ0n) is 19.4. The number of hydrogen-bond donors (Lipinski definition) is 0. The van der Waals surface area contributed by atoms with Crippen LogP contribution in [0.25, 0.3) is 22.0 Å². The predicted molar refractivity (Wildman–Crippen MR) is 137 cm³/mol. The first-order valence-electron chi connectivity index (χ1n) is 11.2. The van der Waals surface area contributed by atoms with E-state index in [1.165, 1.54) is 17.8 Å². The maximum atomic E-state index is 15.0. The number of rotatable bonds is 3. The molecular weight excluding hydrogens is 517 g/mol. The van der Waals surface area contributed by atoms with Crippen molar-refractivity contribution in [3.8, 4) is 11.1 Å². The van der Waals surface area contributed by atoms with E-state index in [9.17, 15) is 9.18 Å². The number of benzene rings is 2. The van der Waals surface area contributed by atoms with Crippen molar-refractivity contribution in [1.29, 1.82) is 0 Å². The second kappa shape index (κ2) is 9.52. The molecule has 0 radical (unpaired) electrons. The Morgan fingerprint density at radius 1 is 1.11 bits per heavy atom.